The Morgan fingerprint density at radius 3 is 2.58 bits per heavy atom. The molecule has 1 saturated heterocycles. The molecule has 0 saturated carbocycles. The van der Waals surface area contributed by atoms with E-state index in [-0.39, 0.29) is 18.1 Å². The van der Waals surface area contributed by atoms with Crippen LogP contribution in [-0.4, -0.2) is 54.8 Å². The molecule has 1 aliphatic rings. The molecule has 102 valence electrons. The van der Waals surface area contributed by atoms with Gasteiger partial charge in [-0.1, -0.05) is 12.1 Å². The molecule has 1 aromatic rings. The summed E-state index contributed by atoms with van der Waals surface area (Å²) in [4.78, 5) is 25.9. The summed E-state index contributed by atoms with van der Waals surface area (Å²) < 4.78 is 13.4. The van der Waals surface area contributed by atoms with E-state index in [4.69, 9.17) is 0 Å². The van der Waals surface area contributed by atoms with E-state index in [0.717, 1.165) is 6.41 Å². The van der Waals surface area contributed by atoms with E-state index < -0.39 is 5.82 Å². The molecule has 5 nitrogen and oxygen atoms in total. The van der Waals surface area contributed by atoms with Gasteiger partial charge in [0.2, 0.25) is 12.3 Å². The molecule has 1 N–H and O–H groups in total. The number of rotatable bonds is 4. The number of para-hydroxylation sites is 1. The number of piperazine rings is 1. The third-order valence-electron chi connectivity index (χ3n) is 3.07. The number of carbonyl (C=O) groups excluding carboxylic acids is 2. The Morgan fingerprint density at radius 2 is 1.95 bits per heavy atom. The SMILES string of the molecule is O=CN1CCN(CC(=O)Nc2ccccc2F)CC1. The fraction of sp³-hybridized carbons (Fsp3) is 0.385. The smallest absolute Gasteiger partial charge is 0.238 e. The van der Waals surface area contributed by atoms with Gasteiger partial charge < -0.3 is 10.2 Å². The quantitative estimate of drug-likeness (QED) is 0.808. The molecule has 1 heterocycles. The molecule has 0 radical (unpaired) electrons. The van der Waals surface area contributed by atoms with Crippen molar-refractivity contribution in [3.8, 4) is 0 Å². The van der Waals surface area contributed by atoms with Crippen molar-refractivity contribution in [1.29, 1.82) is 0 Å². The summed E-state index contributed by atoms with van der Waals surface area (Å²) >= 11 is 0. The molecule has 2 amide bonds. The van der Waals surface area contributed by atoms with Gasteiger partial charge in [0.25, 0.3) is 0 Å². The first-order valence-electron chi connectivity index (χ1n) is 6.15. The number of halogens is 1. The van der Waals surface area contributed by atoms with Crippen LogP contribution in [0.15, 0.2) is 24.3 Å². The molecule has 0 bridgehead atoms. The van der Waals surface area contributed by atoms with Crippen LogP contribution in [0.3, 0.4) is 0 Å². The lowest BCUT2D eigenvalue weighted by atomic mass is 10.3. The molecule has 0 unspecified atom stereocenters. The van der Waals surface area contributed by atoms with Crippen molar-refractivity contribution in [1.82, 2.24) is 9.80 Å². The maximum atomic E-state index is 13.4. The van der Waals surface area contributed by atoms with Gasteiger partial charge in [-0.3, -0.25) is 14.5 Å². The second-order valence-electron chi connectivity index (χ2n) is 4.45. The lowest BCUT2D eigenvalue weighted by Gasteiger charge is -2.31. The summed E-state index contributed by atoms with van der Waals surface area (Å²) in [7, 11) is 0. The van der Waals surface area contributed by atoms with Gasteiger partial charge in [0.1, 0.15) is 5.82 Å². The number of hydrogen-bond donors (Lipinski definition) is 1. The van der Waals surface area contributed by atoms with Crippen LogP contribution >= 0.6 is 0 Å². The zero-order valence-corrected chi connectivity index (χ0v) is 10.5. The molecule has 1 aliphatic heterocycles. The van der Waals surface area contributed by atoms with Crippen LogP contribution in [0.2, 0.25) is 0 Å². The summed E-state index contributed by atoms with van der Waals surface area (Å²) in [6.07, 6.45) is 0.816. The fourth-order valence-electron chi connectivity index (χ4n) is 1.98. The van der Waals surface area contributed by atoms with Crippen LogP contribution < -0.4 is 5.32 Å². The van der Waals surface area contributed by atoms with E-state index >= 15 is 0 Å². The molecule has 0 aliphatic carbocycles. The summed E-state index contributed by atoms with van der Waals surface area (Å²) in [6.45, 7) is 2.76. The van der Waals surface area contributed by atoms with Crippen molar-refractivity contribution in [3.05, 3.63) is 30.1 Å². The van der Waals surface area contributed by atoms with Crippen LogP contribution in [-0.2, 0) is 9.59 Å². The highest BCUT2D eigenvalue weighted by Crippen LogP contribution is 2.12. The third kappa shape index (κ3) is 3.75. The molecule has 19 heavy (non-hydrogen) atoms. The van der Waals surface area contributed by atoms with Gasteiger partial charge in [-0.25, -0.2) is 4.39 Å². The van der Waals surface area contributed by atoms with E-state index in [0.29, 0.717) is 26.2 Å². The van der Waals surface area contributed by atoms with Crippen molar-refractivity contribution in [2.75, 3.05) is 38.0 Å². The molecule has 6 heteroatoms. The molecule has 2 rings (SSSR count). The monoisotopic (exact) mass is 265 g/mol. The number of carbonyl (C=O) groups is 2. The van der Waals surface area contributed by atoms with Gasteiger partial charge in [0.15, 0.2) is 0 Å². The van der Waals surface area contributed by atoms with Crippen LogP contribution in [0.4, 0.5) is 10.1 Å². The number of hydrogen-bond acceptors (Lipinski definition) is 3. The molecular formula is C13H16FN3O2. The van der Waals surface area contributed by atoms with Gasteiger partial charge >= 0.3 is 0 Å². The van der Waals surface area contributed by atoms with Crippen LogP contribution in [0.5, 0.6) is 0 Å². The fourth-order valence-corrected chi connectivity index (χ4v) is 1.98. The van der Waals surface area contributed by atoms with Gasteiger partial charge in [-0.2, -0.15) is 0 Å². The average Bonchev–Trinajstić information content (AvgIpc) is 2.42. The number of anilines is 1. The lowest BCUT2D eigenvalue weighted by Crippen LogP contribution is -2.48. The van der Waals surface area contributed by atoms with Gasteiger partial charge in [-0.15, -0.1) is 0 Å². The number of benzene rings is 1. The topological polar surface area (TPSA) is 52.7 Å². The van der Waals surface area contributed by atoms with E-state index in [1.165, 1.54) is 12.1 Å². The summed E-state index contributed by atoms with van der Waals surface area (Å²) in [5, 5.41) is 2.54. The average molecular weight is 265 g/mol. The van der Waals surface area contributed by atoms with Crippen molar-refractivity contribution < 1.29 is 14.0 Å². The first-order chi connectivity index (χ1) is 9.19. The molecule has 0 spiro atoms. The highest BCUT2D eigenvalue weighted by molar-refractivity contribution is 5.92. The Bertz CT molecular complexity index is 459. The van der Waals surface area contributed by atoms with Crippen LogP contribution in [0.25, 0.3) is 0 Å². The van der Waals surface area contributed by atoms with Crippen molar-refractivity contribution in [2.45, 2.75) is 0 Å². The minimum atomic E-state index is -0.443. The second kappa shape index (κ2) is 6.29. The lowest BCUT2D eigenvalue weighted by molar-refractivity contribution is -0.120. The van der Waals surface area contributed by atoms with E-state index in [2.05, 4.69) is 5.32 Å². The molecule has 0 aromatic heterocycles. The Morgan fingerprint density at radius 1 is 1.26 bits per heavy atom. The predicted octanol–water partition coefficient (Wildman–Crippen LogP) is 0.538. The van der Waals surface area contributed by atoms with Crippen LogP contribution in [0.1, 0.15) is 0 Å². The zero-order chi connectivity index (χ0) is 13.7. The molecule has 1 aromatic carbocycles. The van der Waals surface area contributed by atoms with E-state index in [1.54, 1.807) is 17.0 Å². The van der Waals surface area contributed by atoms with Gasteiger partial charge in [0, 0.05) is 26.2 Å². The Kier molecular flexibility index (Phi) is 4.46. The minimum absolute atomic E-state index is 0.194. The number of amides is 2. The Hall–Kier alpha value is -1.95. The Balaban J connectivity index is 1.82. The summed E-state index contributed by atoms with van der Waals surface area (Å²) in [5.41, 5.74) is 0.194. The normalized spacial score (nSPS) is 16.2. The third-order valence-corrected chi connectivity index (χ3v) is 3.07. The molecular weight excluding hydrogens is 249 g/mol. The molecule has 1 fully saturated rings. The molecule has 0 atom stereocenters. The van der Waals surface area contributed by atoms with Crippen molar-refractivity contribution >= 4 is 18.0 Å². The highest BCUT2D eigenvalue weighted by atomic mass is 19.1. The predicted molar refractivity (Wildman–Crippen MR) is 69.1 cm³/mol. The van der Waals surface area contributed by atoms with E-state index in [9.17, 15) is 14.0 Å². The minimum Gasteiger partial charge on any atom is -0.343 e. The summed E-state index contributed by atoms with van der Waals surface area (Å²) in [5.74, 6) is -0.689. The van der Waals surface area contributed by atoms with Crippen molar-refractivity contribution in [2.24, 2.45) is 0 Å². The van der Waals surface area contributed by atoms with E-state index in [1.807, 2.05) is 4.90 Å². The first kappa shape index (κ1) is 13.5. The zero-order valence-electron chi connectivity index (χ0n) is 10.5. The maximum absolute atomic E-state index is 13.4. The van der Waals surface area contributed by atoms with Crippen LogP contribution in [0, 0.1) is 5.82 Å². The number of nitrogens with one attached hydrogen (secondary N) is 1. The standard InChI is InChI=1S/C13H16FN3O2/c14-11-3-1-2-4-12(11)15-13(19)9-16-5-7-17(10-18)8-6-16/h1-4,10H,5-9H2,(H,15,19). The largest absolute Gasteiger partial charge is 0.343 e. The van der Waals surface area contributed by atoms with Crippen molar-refractivity contribution in [3.63, 3.8) is 0 Å². The highest BCUT2D eigenvalue weighted by Gasteiger charge is 2.18. The van der Waals surface area contributed by atoms with Gasteiger partial charge in [0.05, 0.1) is 12.2 Å². The Labute approximate surface area is 111 Å². The van der Waals surface area contributed by atoms with Gasteiger partial charge in [-0.05, 0) is 12.1 Å². The number of nitrogens with zero attached hydrogens (tertiary/aromatic N) is 2. The maximum Gasteiger partial charge on any atom is 0.238 e. The summed E-state index contributed by atoms with van der Waals surface area (Å²) in [6, 6.07) is 6.07. The first-order valence-corrected chi connectivity index (χ1v) is 6.15. The second-order valence-corrected chi connectivity index (χ2v) is 4.45.